The molecule has 2 unspecified atom stereocenters. The van der Waals surface area contributed by atoms with Gasteiger partial charge in [0, 0.05) is 55.3 Å². The van der Waals surface area contributed by atoms with Gasteiger partial charge in [0.2, 0.25) is 5.91 Å². The van der Waals surface area contributed by atoms with Gasteiger partial charge >= 0.3 is 0 Å². The Hall–Kier alpha value is -2.39. The first kappa shape index (κ1) is 24.3. The summed E-state index contributed by atoms with van der Waals surface area (Å²) in [4.78, 5) is 31.3. The first-order valence-corrected chi connectivity index (χ1v) is 13.5. The van der Waals surface area contributed by atoms with E-state index >= 15 is 0 Å². The summed E-state index contributed by atoms with van der Waals surface area (Å²) in [6.45, 7) is 6.04. The maximum atomic E-state index is 13.2. The number of ether oxygens (including phenoxy) is 2. The fourth-order valence-corrected chi connectivity index (χ4v) is 6.17. The highest BCUT2D eigenvalue weighted by Gasteiger charge is 2.32. The van der Waals surface area contributed by atoms with Gasteiger partial charge in [0.05, 0.1) is 31.1 Å². The van der Waals surface area contributed by atoms with Crippen LogP contribution in [0.1, 0.15) is 22.3 Å². The molecule has 2 amide bonds. The molecule has 2 atom stereocenters. The second-order valence-corrected chi connectivity index (χ2v) is 10.3. The molecular formula is C27H33N3O4S. The van der Waals surface area contributed by atoms with Gasteiger partial charge in [0.1, 0.15) is 0 Å². The summed E-state index contributed by atoms with van der Waals surface area (Å²) in [5.74, 6) is 0.695. The number of thioether (sulfide) groups is 1. The molecule has 2 fully saturated rings. The first-order valence-electron chi connectivity index (χ1n) is 12.5. The molecule has 3 aliphatic rings. The number of carbonyl (C=O) groups excluding carboxylic acids is 2. The molecule has 7 nitrogen and oxygen atoms in total. The van der Waals surface area contributed by atoms with Gasteiger partial charge in [-0.15, -0.1) is 11.8 Å². The predicted molar refractivity (Wildman–Crippen MR) is 137 cm³/mol. The van der Waals surface area contributed by atoms with Crippen molar-refractivity contribution < 1.29 is 19.1 Å². The molecule has 5 rings (SSSR count). The molecule has 8 heteroatoms. The number of carbonyl (C=O) groups is 2. The van der Waals surface area contributed by atoms with Crippen molar-refractivity contribution in [3.8, 4) is 0 Å². The van der Waals surface area contributed by atoms with Crippen LogP contribution in [0.15, 0.2) is 53.4 Å². The quantitative estimate of drug-likeness (QED) is 0.568. The average Bonchev–Trinajstić information content (AvgIpc) is 3.59. The lowest BCUT2D eigenvalue weighted by Crippen LogP contribution is -2.52. The van der Waals surface area contributed by atoms with Crippen LogP contribution in [0.5, 0.6) is 0 Å². The lowest BCUT2D eigenvalue weighted by molar-refractivity contribution is -0.116. The Labute approximate surface area is 211 Å². The van der Waals surface area contributed by atoms with Crippen molar-refractivity contribution in [1.82, 2.24) is 10.2 Å². The second kappa shape index (κ2) is 11.6. The summed E-state index contributed by atoms with van der Waals surface area (Å²) in [5.41, 5.74) is 2.85. The molecular weight excluding hydrogens is 462 g/mol. The standard InChI is InChI=1S/C27H33N3O4S/c31-26(30-11-9-20-5-1-3-7-23(20)30)19-35-25-8-4-2-6-22(25)27(32)28-17-24(21-10-14-34-18-21)29-12-15-33-16-13-29/h1-8,21,24H,9-19H2,(H,28,32). The Bertz CT molecular complexity index is 1040. The van der Waals surface area contributed by atoms with Crippen LogP contribution in [0.25, 0.3) is 0 Å². The highest BCUT2D eigenvalue weighted by atomic mass is 32.2. The zero-order valence-electron chi connectivity index (χ0n) is 20.0. The third kappa shape index (κ3) is 5.72. The van der Waals surface area contributed by atoms with Gasteiger partial charge in [-0.05, 0) is 36.6 Å². The molecule has 0 saturated carbocycles. The molecule has 2 aromatic rings. The molecule has 2 aromatic carbocycles. The number of amides is 2. The van der Waals surface area contributed by atoms with E-state index in [4.69, 9.17) is 9.47 Å². The van der Waals surface area contributed by atoms with E-state index in [9.17, 15) is 9.59 Å². The van der Waals surface area contributed by atoms with Crippen molar-refractivity contribution in [1.29, 1.82) is 0 Å². The summed E-state index contributed by atoms with van der Waals surface area (Å²) >= 11 is 1.43. The maximum Gasteiger partial charge on any atom is 0.252 e. The van der Waals surface area contributed by atoms with Crippen LogP contribution in [0.3, 0.4) is 0 Å². The van der Waals surface area contributed by atoms with E-state index in [-0.39, 0.29) is 17.9 Å². The monoisotopic (exact) mass is 495 g/mol. The van der Waals surface area contributed by atoms with Crippen LogP contribution in [-0.2, 0) is 20.7 Å². The van der Waals surface area contributed by atoms with E-state index in [1.807, 2.05) is 47.4 Å². The number of morpholine rings is 1. The van der Waals surface area contributed by atoms with Crippen LogP contribution in [0, 0.1) is 5.92 Å². The molecule has 0 aromatic heterocycles. The van der Waals surface area contributed by atoms with E-state index in [0.29, 0.717) is 30.3 Å². The van der Waals surface area contributed by atoms with Crippen LogP contribution in [0.4, 0.5) is 5.69 Å². The summed E-state index contributed by atoms with van der Waals surface area (Å²) < 4.78 is 11.2. The summed E-state index contributed by atoms with van der Waals surface area (Å²) in [6.07, 6.45) is 1.91. The summed E-state index contributed by atoms with van der Waals surface area (Å²) in [5, 5.41) is 3.18. The normalized spacial score (nSPS) is 21.0. The zero-order valence-corrected chi connectivity index (χ0v) is 20.8. The molecule has 0 spiro atoms. The van der Waals surface area contributed by atoms with Crippen LogP contribution >= 0.6 is 11.8 Å². The van der Waals surface area contributed by atoms with Gasteiger partial charge in [-0.3, -0.25) is 14.5 Å². The fraction of sp³-hybridized carbons (Fsp3) is 0.481. The van der Waals surface area contributed by atoms with Crippen molar-refractivity contribution in [3.05, 3.63) is 59.7 Å². The Morgan fingerprint density at radius 3 is 2.63 bits per heavy atom. The van der Waals surface area contributed by atoms with Crippen molar-refractivity contribution in [2.45, 2.75) is 23.8 Å². The van der Waals surface area contributed by atoms with Gasteiger partial charge in [-0.1, -0.05) is 30.3 Å². The van der Waals surface area contributed by atoms with Crippen molar-refractivity contribution in [2.24, 2.45) is 5.92 Å². The van der Waals surface area contributed by atoms with Gasteiger partial charge in [0.25, 0.3) is 5.91 Å². The van der Waals surface area contributed by atoms with Gasteiger partial charge in [-0.2, -0.15) is 0 Å². The Kier molecular flexibility index (Phi) is 8.03. The number of nitrogens with one attached hydrogen (secondary N) is 1. The maximum absolute atomic E-state index is 13.2. The smallest absolute Gasteiger partial charge is 0.252 e. The molecule has 1 N–H and O–H groups in total. The average molecular weight is 496 g/mol. The molecule has 2 saturated heterocycles. The molecule has 3 heterocycles. The number of hydrogen-bond acceptors (Lipinski definition) is 6. The Balaban J connectivity index is 1.21. The predicted octanol–water partition coefficient (Wildman–Crippen LogP) is 2.84. The van der Waals surface area contributed by atoms with Crippen molar-refractivity contribution in [2.75, 3.05) is 63.3 Å². The summed E-state index contributed by atoms with van der Waals surface area (Å²) in [7, 11) is 0. The van der Waals surface area contributed by atoms with Gasteiger partial charge in [0.15, 0.2) is 0 Å². The van der Waals surface area contributed by atoms with Crippen molar-refractivity contribution in [3.63, 3.8) is 0 Å². The second-order valence-electron chi connectivity index (χ2n) is 9.26. The SMILES string of the molecule is O=C(NCC(C1CCOC1)N1CCOCC1)c1ccccc1SCC(=O)N1CCc2ccccc21. The molecule has 186 valence electrons. The van der Waals surface area contributed by atoms with Crippen LogP contribution in [-0.4, -0.2) is 81.1 Å². The number of benzene rings is 2. The van der Waals surface area contributed by atoms with Crippen LogP contribution < -0.4 is 10.2 Å². The molecule has 35 heavy (non-hydrogen) atoms. The number of fused-ring (bicyclic) bond motifs is 1. The number of rotatable bonds is 8. The number of para-hydroxylation sites is 1. The van der Waals surface area contributed by atoms with E-state index in [2.05, 4.69) is 16.3 Å². The number of anilines is 1. The third-order valence-corrected chi connectivity index (χ3v) is 8.22. The minimum absolute atomic E-state index is 0.0729. The van der Waals surface area contributed by atoms with Crippen molar-refractivity contribution >= 4 is 29.3 Å². The van der Waals surface area contributed by atoms with E-state index in [1.165, 1.54) is 17.3 Å². The van der Waals surface area contributed by atoms with E-state index in [1.54, 1.807) is 0 Å². The van der Waals surface area contributed by atoms with Gasteiger partial charge < -0.3 is 19.7 Å². The summed E-state index contributed by atoms with van der Waals surface area (Å²) in [6, 6.07) is 15.9. The van der Waals surface area contributed by atoms with Gasteiger partial charge in [-0.25, -0.2) is 0 Å². The van der Waals surface area contributed by atoms with E-state index < -0.39 is 0 Å². The molecule has 0 aliphatic carbocycles. The van der Waals surface area contributed by atoms with Crippen LogP contribution in [0.2, 0.25) is 0 Å². The zero-order chi connectivity index (χ0) is 24.0. The molecule has 3 aliphatic heterocycles. The first-order chi connectivity index (χ1) is 17.2. The number of nitrogens with zero attached hydrogens (tertiary/aromatic N) is 2. The minimum atomic E-state index is -0.0933. The minimum Gasteiger partial charge on any atom is -0.381 e. The third-order valence-electron chi connectivity index (χ3n) is 7.17. The highest BCUT2D eigenvalue weighted by Crippen LogP contribution is 2.30. The topological polar surface area (TPSA) is 71.1 Å². The Morgan fingerprint density at radius 1 is 1.00 bits per heavy atom. The Morgan fingerprint density at radius 2 is 1.80 bits per heavy atom. The number of hydrogen-bond donors (Lipinski definition) is 1. The lowest BCUT2D eigenvalue weighted by atomic mass is 9.96. The molecule has 0 bridgehead atoms. The van der Waals surface area contributed by atoms with E-state index in [0.717, 1.165) is 62.9 Å². The largest absolute Gasteiger partial charge is 0.381 e. The molecule has 0 radical (unpaired) electrons. The fourth-order valence-electron chi connectivity index (χ4n) is 5.25. The highest BCUT2D eigenvalue weighted by molar-refractivity contribution is 8.00. The lowest BCUT2D eigenvalue weighted by Gasteiger charge is -2.37.